The highest BCUT2D eigenvalue weighted by Crippen LogP contribution is 2.08. The van der Waals surface area contributed by atoms with Crippen molar-refractivity contribution in [3.63, 3.8) is 0 Å². The molecule has 1 aliphatic heterocycles. The van der Waals surface area contributed by atoms with Gasteiger partial charge >= 0.3 is 0 Å². The van der Waals surface area contributed by atoms with Crippen LogP contribution in [-0.2, 0) is 14.4 Å². The van der Waals surface area contributed by atoms with E-state index >= 15 is 0 Å². The van der Waals surface area contributed by atoms with Gasteiger partial charge in [0.1, 0.15) is 6.04 Å². The highest BCUT2D eigenvalue weighted by Gasteiger charge is 2.29. The first kappa shape index (κ1) is 13.5. The molecule has 6 nitrogen and oxygen atoms in total. The largest absolute Gasteiger partial charge is 0.355 e. The molecule has 3 amide bonds. The molecular formula is C11H19N3O3. The average Bonchev–Trinajstić information content (AvgIpc) is 2.63. The highest BCUT2D eigenvalue weighted by molar-refractivity contribution is 5.92. The number of carbonyl (C=O) groups is 3. The fourth-order valence-electron chi connectivity index (χ4n) is 1.60. The third-order valence-electron chi connectivity index (χ3n) is 2.53. The normalized spacial score (nSPS) is 20.9. The molecule has 0 aromatic rings. The molecule has 0 bridgehead atoms. The van der Waals surface area contributed by atoms with Crippen LogP contribution in [0.2, 0.25) is 0 Å². The van der Waals surface area contributed by atoms with Gasteiger partial charge in [-0.2, -0.15) is 0 Å². The first-order valence-electron chi connectivity index (χ1n) is 5.77. The second-order valence-corrected chi connectivity index (χ2v) is 4.60. The summed E-state index contributed by atoms with van der Waals surface area (Å²) in [6.07, 6.45) is 0.199. The number of rotatable bonds is 4. The molecule has 1 fully saturated rings. The van der Waals surface area contributed by atoms with E-state index in [1.54, 1.807) is 6.92 Å². The molecule has 2 unspecified atom stereocenters. The van der Waals surface area contributed by atoms with Crippen LogP contribution >= 0.6 is 0 Å². The summed E-state index contributed by atoms with van der Waals surface area (Å²) >= 11 is 0. The maximum atomic E-state index is 11.7. The second kappa shape index (κ2) is 5.65. The molecule has 6 heteroatoms. The standard InChI is InChI=1S/C11H19N3O3/c1-6(2)13-10(16)7(3)14-11(17)8-4-9(15)12-5-8/h6-8H,4-5H2,1-3H3,(H,12,15)(H,13,16)(H,14,17). The molecule has 0 saturated carbocycles. The minimum atomic E-state index is -0.583. The minimum Gasteiger partial charge on any atom is -0.355 e. The van der Waals surface area contributed by atoms with E-state index in [1.165, 1.54) is 0 Å². The van der Waals surface area contributed by atoms with Crippen molar-refractivity contribution in [2.24, 2.45) is 5.92 Å². The SMILES string of the molecule is CC(C)NC(=O)C(C)NC(=O)C1CNC(=O)C1. The highest BCUT2D eigenvalue weighted by atomic mass is 16.2. The lowest BCUT2D eigenvalue weighted by Gasteiger charge is -2.17. The zero-order valence-electron chi connectivity index (χ0n) is 10.4. The van der Waals surface area contributed by atoms with Crippen molar-refractivity contribution in [3.05, 3.63) is 0 Å². The monoisotopic (exact) mass is 241 g/mol. The van der Waals surface area contributed by atoms with Crippen LogP contribution in [0.1, 0.15) is 27.2 Å². The predicted octanol–water partition coefficient (Wildman–Crippen LogP) is -0.848. The Bertz CT molecular complexity index is 328. The maximum Gasteiger partial charge on any atom is 0.242 e. The number of amides is 3. The number of nitrogens with one attached hydrogen (secondary N) is 3. The molecule has 0 aromatic carbocycles. The van der Waals surface area contributed by atoms with E-state index in [0.29, 0.717) is 6.54 Å². The van der Waals surface area contributed by atoms with E-state index in [0.717, 1.165) is 0 Å². The number of hydrogen-bond acceptors (Lipinski definition) is 3. The van der Waals surface area contributed by atoms with Crippen LogP contribution in [0.25, 0.3) is 0 Å². The van der Waals surface area contributed by atoms with Crippen LogP contribution in [0.4, 0.5) is 0 Å². The van der Waals surface area contributed by atoms with E-state index in [9.17, 15) is 14.4 Å². The molecule has 0 aliphatic carbocycles. The second-order valence-electron chi connectivity index (χ2n) is 4.60. The summed E-state index contributed by atoms with van der Waals surface area (Å²) in [7, 11) is 0. The Kier molecular flexibility index (Phi) is 4.48. The van der Waals surface area contributed by atoms with Crippen LogP contribution in [0.3, 0.4) is 0 Å². The average molecular weight is 241 g/mol. The Morgan fingerprint density at radius 2 is 1.94 bits per heavy atom. The lowest BCUT2D eigenvalue weighted by Crippen LogP contribution is -2.48. The zero-order valence-corrected chi connectivity index (χ0v) is 10.4. The summed E-state index contributed by atoms with van der Waals surface area (Å²) in [5, 5.41) is 7.90. The summed E-state index contributed by atoms with van der Waals surface area (Å²) in [5.74, 6) is -0.957. The Labute approximate surface area is 101 Å². The minimum absolute atomic E-state index is 0.0385. The number of carbonyl (C=O) groups excluding carboxylic acids is 3. The van der Waals surface area contributed by atoms with Gasteiger partial charge in [0.05, 0.1) is 5.92 Å². The lowest BCUT2D eigenvalue weighted by atomic mass is 10.1. The molecule has 0 aromatic heterocycles. The van der Waals surface area contributed by atoms with Gasteiger partial charge < -0.3 is 16.0 Å². The van der Waals surface area contributed by atoms with Gasteiger partial charge in [0, 0.05) is 19.0 Å². The molecule has 0 spiro atoms. The number of hydrogen-bond donors (Lipinski definition) is 3. The smallest absolute Gasteiger partial charge is 0.242 e. The van der Waals surface area contributed by atoms with Crippen molar-refractivity contribution in [2.75, 3.05) is 6.54 Å². The fourth-order valence-corrected chi connectivity index (χ4v) is 1.60. The van der Waals surface area contributed by atoms with Crippen molar-refractivity contribution in [1.29, 1.82) is 0 Å². The van der Waals surface area contributed by atoms with Crippen LogP contribution < -0.4 is 16.0 Å². The molecular weight excluding hydrogens is 222 g/mol. The molecule has 17 heavy (non-hydrogen) atoms. The van der Waals surface area contributed by atoms with Gasteiger partial charge in [-0.05, 0) is 20.8 Å². The Hall–Kier alpha value is -1.59. The van der Waals surface area contributed by atoms with Crippen molar-refractivity contribution in [1.82, 2.24) is 16.0 Å². The Morgan fingerprint density at radius 3 is 2.41 bits per heavy atom. The predicted molar refractivity (Wildman–Crippen MR) is 62.0 cm³/mol. The summed E-state index contributed by atoms with van der Waals surface area (Å²) in [6, 6.07) is -0.544. The van der Waals surface area contributed by atoms with Gasteiger partial charge in [-0.15, -0.1) is 0 Å². The van der Waals surface area contributed by atoms with Crippen molar-refractivity contribution in [2.45, 2.75) is 39.3 Å². The van der Waals surface area contributed by atoms with Crippen molar-refractivity contribution >= 4 is 17.7 Å². The van der Waals surface area contributed by atoms with Gasteiger partial charge in [-0.25, -0.2) is 0 Å². The molecule has 96 valence electrons. The third kappa shape index (κ3) is 4.05. The van der Waals surface area contributed by atoms with Crippen molar-refractivity contribution < 1.29 is 14.4 Å². The molecule has 1 rings (SSSR count). The van der Waals surface area contributed by atoms with Gasteiger partial charge in [-0.1, -0.05) is 0 Å². The molecule has 3 N–H and O–H groups in total. The maximum absolute atomic E-state index is 11.7. The molecule has 0 radical (unpaired) electrons. The van der Waals surface area contributed by atoms with E-state index < -0.39 is 6.04 Å². The van der Waals surface area contributed by atoms with Crippen LogP contribution in [0.5, 0.6) is 0 Å². The zero-order chi connectivity index (χ0) is 13.0. The van der Waals surface area contributed by atoms with Gasteiger partial charge in [0.25, 0.3) is 0 Å². The van der Waals surface area contributed by atoms with Gasteiger partial charge in [-0.3, -0.25) is 14.4 Å². The van der Waals surface area contributed by atoms with Crippen LogP contribution in [0.15, 0.2) is 0 Å². The van der Waals surface area contributed by atoms with Gasteiger partial charge in [0.2, 0.25) is 17.7 Å². The summed E-state index contributed by atoms with van der Waals surface area (Å²) in [6.45, 7) is 5.68. The molecule has 2 atom stereocenters. The summed E-state index contributed by atoms with van der Waals surface area (Å²) in [5.41, 5.74) is 0. The first-order valence-corrected chi connectivity index (χ1v) is 5.77. The summed E-state index contributed by atoms with van der Waals surface area (Å²) in [4.78, 5) is 34.2. The van der Waals surface area contributed by atoms with Crippen molar-refractivity contribution in [3.8, 4) is 0 Å². The topological polar surface area (TPSA) is 87.3 Å². The molecule has 1 saturated heterocycles. The van der Waals surface area contributed by atoms with Crippen LogP contribution in [-0.4, -0.2) is 36.3 Å². The first-order chi connectivity index (χ1) is 7.90. The fraction of sp³-hybridized carbons (Fsp3) is 0.727. The van der Waals surface area contributed by atoms with Crippen LogP contribution in [0, 0.1) is 5.92 Å². The van der Waals surface area contributed by atoms with E-state index in [1.807, 2.05) is 13.8 Å². The molecule has 1 heterocycles. The Morgan fingerprint density at radius 1 is 1.29 bits per heavy atom. The summed E-state index contributed by atoms with van der Waals surface area (Å²) < 4.78 is 0. The Balaban J connectivity index is 2.40. The van der Waals surface area contributed by atoms with E-state index in [2.05, 4.69) is 16.0 Å². The van der Waals surface area contributed by atoms with E-state index in [-0.39, 0.29) is 36.1 Å². The quantitative estimate of drug-likeness (QED) is 0.599. The van der Waals surface area contributed by atoms with Gasteiger partial charge in [0.15, 0.2) is 0 Å². The lowest BCUT2D eigenvalue weighted by molar-refractivity contribution is -0.131. The third-order valence-corrected chi connectivity index (χ3v) is 2.53. The molecule has 1 aliphatic rings. The van der Waals surface area contributed by atoms with E-state index in [4.69, 9.17) is 0 Å².